The topological polar surface area (TPSA) is 49.3 Å². The quantitative estimate of drug-likeness (QED) is 0.749. The molecule has 0 aliphatic carbocycles. The van der Waals surface area contributed by atoms with Crippen molar-refractivity contribution in [1.29, 1.82) is 0 Å². The highest BCUT2D eigenvalue weighted by Gasteiger charge is 2.05. The number of nitrogens with one attached hydrogen (secondary N) is 1. The van der Waals surface area contributed by atoms with Gasteiger partial charge >= 0.3 is 5.97 Å². The van der Waals surface area contributed by atoms with Crippen molar-refractivity contribution in [2.45, 2.75) is 0 Å². The number of carboxylic acid groups (broad SMARTS) is 1. The van der Waals surface area contributed by atoms with E-state index in [2.05, 4.69) is 17.2 Å². The maximum Gasteiger partial charge on any atom is 0.335 e. The molecule has 0 atom stereocenters. The molecule has 2 N–H and O–H groups in total. The van der Waals surface area contributed by atoms with Crippen LogP contribution in [0, 0.1) is 11.8 Å². The van der Waals surface area contributed by atoms with Crippen LogP contribution in [0.3, 0.4) is 0 Å². The maximum absolute atomic E-state index is 10.7. The highest BCUT2D eigenvalue weighted by atomic mass is 35.5. The van der Waals surface area contributed by atoms with E-state index in [1.165, 1.54) is 18.2 Å². The third kappa shape index (κ3) is 3.28. The van der Waals surface area contributed by atoms with Crippen molar-refractivity contribution < 1.29 is 9.90 Å². The number of hydrogen-bond acceptors (Lipinski definition) is 2. The minimum Gasteiger partial charge on any atom is -0.478 e. The van der Waals surface area contributed by atoms with Gasteiger partial charge in [0.1, 0.15) is 0 Å². The highest BCUT2D eigenvalue weighted by molar-refractivity contribution is 6.31. The first kappa shape index (κ1) is 11.6. The molecule has 1 rings (SSSR count). The largest absolute Gasteiger partial charge is 0.478 e. The van der Waals surface area contributed by atoms with Gasteiger partial charge < -0.3 is 10.4 Å². The third-order valence-electron chi connectivity index (χ3n) is 1.70. The van der Waals surface area contributed by atoms with E-state index in [0.717, 1.165) is 0 Å². The second kappa shape index (κ2) is 5.40. The Labute approximate surface area is 93.1 Å². The summed E-state index contributed by atoms with van der Waals surface area (Å²) in [5.74, 6) is 4.64. The van der Waals surface area contributed by atoms with E-state index >= 15 is 0 Å². The maximum atomic E-state index is 10.7. The van der Waals surface area contributed by atoms with Gasteiger partial charge in [-0.15, -0.1) is 0 Å². The number of rotatable bonds is 2. The monoisotopic (exact) mass is 223 g/mol. The van der Waals surface area contributed by atoms with Gasteiger partial charge in [-0.25, -0.2) is 4.79 Å². The fourth-order valence-corrected chi connectivity index (χ4v) is 1.15. The first-order valence-electron chi connectivity index (χ1n) is 4.31. The Morgan fingerprint density at radius 3 is 2.93 bits per heavy atom. The van der Waals surface area contributed by atoms with E-state index in [9.17, 15) is 4.79 Å². The van der Waals surface area contributed by atoms with Crippen LogP contribution < -0.4 is 5.32 Å². The molecule has 78 valence electrons. The third-order valence-corrected chi connectivity index (χ3v) is 2.03. The smallest absolute Gasteiger partial charge is 0.335 e. The van der Waals surface area contributed by atoms with Crippen LogP contribution >= 0.6 is 11.6 Å². The summed E-state index contributed by atoms with van der Waals surface area (Å²) in [7, 11) is 1.78. The molecule has 0 aromatic heterocycles. The first-order chi connectivity index (χ1) is 7.15. The second-order valence-corrected chi connectivity index (χ2v) is 3.24. The summed E-state index contributed by atoms with van der Waals surface area (Å²) in [5, 5.41) is 12.1. The molecule has 0 heterocycles. The zero-order chi connectivity index (χ0) is 11.3. The fraction of sp³-hybridized carbons (Fsp3) is 0.182. The summed E-state index contributed by atoms with van der Waals surface area (Å²) in [4.78, 5) is 10.7. The van der Waals surface area contributed by atoms with Gasteiger partial charge in [-0.2, -0.15) is 0 Å². The van der Waals surface area contributed by atoms with Crippen LogP contribution in [0.5, 0.6) is 0 Å². The van der Waals surface area contributed by atoms with Crippen LogP contribution in [0.4, 0.5) is 0 Å². The molecular formula is C11H10ClNO2. The predicted molar refractivity (Wildman–Crippen MR) is 59.2 cm³/mol. The Bertz CT molecular complexity index is 432. The molecule has 0 fully saturated rings. The molecule has 0 saturated heterocycles. The molecule has 0 spiro atoms. The molecule has 0 saturated carbocycles. The zero-order valence-electron chi connectivity index (χ0n) is 8.17. The Balaban J connectivity index is 3.02. The second-order valence-electron chi connectivity index (χ2n) is 2.83. The van der Waals surface area contributed by atoms with Crippen LogP contribution in [0.25, 0.3) is 0 Å². The summed E-state index contributed by atoms with van der Waals surface area (Å²) in [5.41, 5.74) is 0.722. The SMILES string of the molecule is CNCC#Cc1cc(C(=O)O)ccc1Cl. The lowest BCUT2D eigenvalue weighted by molar-refractivity contribution is 0.0697. The average molecular weight is 224 g/mol. The van der Waals surface area contributed by atoms with Gasteiger partial charge in [0, 0.05) is 5.56 Å². The lowest BCUT2D eigenvalue weighted by atomic mass is 10.1. The Hall–Kier alpha value is -1.50. The molecule has 0 radical (unpaired) electrons. The van der Waals surface area contributed by atoms with Crippen molar-refractivity contribution in [3.05, 3.63) is 34.3 Å². The molecule has 0 aliphatic rings. The van der Waals surface area contributed by atoms with Crippen LogP contribution in [0.15, 0.2) is 18.2 Å². The molecule has 3 nitrogen and oxygen atoms in total. The van der Waals surface area contributed by atoms with Gasteiger partial charge in [0.25, 0.3) is 0 Å². The minimum atomic E-state index is -0.983. The molecular weight excluding hydrogens is 214 g/mol. The normalized spacial score (nSPS) is 9.20. The average Bonchev–Trinajstić information content (AvgIpc) is 2.20. The lowest BCUT2D eigenvalue weighted by Gasteiger charge is -1.98. The Morgan fingerprint density at radius 2 is 2.33 bits per heavy atom. The molecule has 1 aromatic rings. The van der Waals surface area contributed by atoms with E-state index in [-0.39, 0.29) is 5.56 Å². The van der Waals surface area contributed by atoms with Gasteiger partial charge in [0.15, 0.2) is 0 Å². The summed E-state index contributed by atoms with van der Waals surface area (Å²) < 4.78 is 0. The lowest BCUT2D eigenvalue weighted by Crippen LogP contribution is -2.04. The summed E-state index contributed by atoms with van der Waals surface area (Å²) in [6.45, 7) is 0.535. The van der Waals surface area contributed by atoms with Crippen LogP contribution in [-0.4, -0.2) is 24.7 Å². The van der Waals surface area contributed by atoms with E-state index in [1.54, 1.807) is 7.05 Å². The van der Waals surface area contributed by atoms with Crippen molar-refractivity contribution >= 4 is 17.6 Å². The highest BCUT2D eigenvalue weighted by Crippen LogP contribution is 2.16. The van der Waals surface area contributed by atoms with Gasteiger partial charge in [0.05, 0.1) is 17.1 Å². The molecule has 1 aromatic carbocycles. The summed E-state index contributed by atoms with van der Waals surface area (Å²) in [6.07, 6.45) is 0. The first-order valence-corrected chi connectivity index (χ1v) is 4.69. The minimum absolute atomic E-state index is 0.188. The number of hydrogen-bond donors (Lipinski definition) is 2. The van der Waals surface area contributed by atoms with Gasteiger partial charge in [0.2, 0.25) is 0 Å². The number of benzene rings is 1. The van der Waals surface area contributed by atoms with Gasteiger partial charge in [-0.1, -0.05) is 23.4 Å². The van der Waals surface area contributed by atoms with E-state index in [0.29, 0.717) is 17.1 Å². The predicted octanol–water partition coefficient (Wildman–Crippen LogP) is 1.61. The van der Waals surface area contributed by atoms with Crippen LogP contribution in [0.2, 0.25) is 5.02 Å². The summed E-state index contributed by atoms with van der Waals surface area (Å²) >= 11 is 5.86. The van der Waals surface area contributed by atoms with Gasteiger partial charge in [-0.05, 0) is 25.2 Å². The molecule has 0 amide bonds. The van der Waals surface area contributed by atoms with E-state index in [4.69, 9.17) is 16.7 Å². The van der Waals surface area contributed by atoms with Crippen LogP contribution in [-0.2, 0) is 0 Å². The molecule has 0 aliphatic heterocycles. The summed E-state index contributed by atoms with van der Waals surface area (Å²) in [6, 6.07) is 4.45. The van der Waals surface area contributed by atoms with Crippen molar-refractivity contribution in [2.75, 3.05) is 13.6 Å². The van der Waals surface area contributed by atoms with Crippen molar-refractivity contribution in [2.24, 2.45) is 0 Å². The van der Waals surface area contributed by atoms with E-state index in [1.807, 2.05) is 0 Å². The number of halogens is 1. The Kier molecular flexibility index (Phi) is 4.17. The van der Waals surface area contributed by atoms with Gasteiger partial charge in [-0.3, -0.25) is 0 Å². The standard InChI is InChI=1S/C11H10ClNO2/c1-13-6-2-3-8-7-9(11(14)15)4-5-10(8)12/h4-5,7,13H,6H2,1H3,(H,14,15). The Morgan fingerprint density at radius 1 is 1.60 bits per heavy atom. The van der Waals surface area contributed by atoms with Crippen LogP contribution in [0.1, 0.15) is 15.9 Å². The molecule has 0 unspecified atom stereocenters. The van der Waals surface area contributed by atoms with Crippen molar-refractivity contribution in [3.63, 3.8) is 0 Å². The fourth-order valence-electron chi connectivity index (χ4n) is 0.982. The molecule has 15 heavy (non-hydrogen) atoms. The number of carboxylic acids is 1. The zero-order valence-corrected chi connectivity index (χ0v) is 8.93. The molecule has 0 bridgehead atoms. The number of carbonyl (C=O) groups is 1. The van der Waals surface area contributed by atoms with Crippen molar-refractivity contribution in [3.8, 4) is 11.8 Å². The van der Waals surface area contributed by atoms with E-state index < -0.39 is 5.97 Å². The molecule has 4 heteroatoms. The number of aromatic carboxylic acids is 1. The van der Waals surface area contributed by atoms with Crippen molar-refractivity contribution in [1.82, 2.24) is 5.32 Å².